The third-order valence-corrected chi connectivity index (χ3v) is 2.79. The Morgan fingerprint density at radius 1 is 1.21 bits per heavy atom. The minimum absolute atomic E-state index is 0.0274. The fourth-order valence-electron chi connectivity index (χ4n) is 1.00. The van der Waals surface area contributed by atoms with E-state index in [0.29, 0.717) is 10.6 Å². The molecule has 0 saturated carbocycles. The Labute approximate surface area is 89.4 Å². The second kappa shape index (κ2) is 4.45. The van der Waals surface area contributed by atoms with Crippen molar-refractivity contribution in [2.24, 2.45) is 0 Å². The maximum atomic E-state index is 12.0. The Morgan fingerprint density at radius 2 is 1.71 bits per heavy atom. The van der Waals surface area contributed by atoms with Gasteiger partial charge in [0.25, 0.3) is 0 Å². The molecule has 0 heterocycles. The van der Waals surface area contributed by atoms with Gasteiger partial charge in [-0.15, -0.1) is 0 Å². The van der Waals surface area contributed by atoms with Gasteiger partial charge in [0.2, 0.25) is 0 Å². The van der Waals surface area contributed by atoms with Crippen LogP contribution >= 0.6 is 23.4 Å². The summed E-state index contributed by atoms with van der Waals surface area (Å²) < 4.78 is 36.0. The number of benzene rings is 1. The Kier molecular flexibility index (Phi) is 3.72. The van der Waals surface area contributed by atoms with E-state index in [-0.39, 0.29) is 11.8 Å². The van der Waals surface area contributed by atoms with Crippen LogP contribution in [0.4, 0.5) is 13.2 Å². The Balaban J connectivity index is 2.70. The van der Waals surface area contributed by atoms with Crippen LogP contribution in [0.15, 0.2) is 24.3 Å². The van der Waals surface area contributed by atoms with E-state index in [4.69, 9.17) is 11.6 Å². The van der Waals surface area contributed by atoms with Crippen molar-refractivity contribution in [2.45, 2.75) is 17.7 Å². The largest absolute Gasteiger partial charge is 0.442 e. The molecule has 0 nitrogen and oxygen atoms in total. The first-order valence-electron chi connectivity index (χ1n) is 3.88. The van der Waals surface area contributed by atoms with Crippen LogP contribution in [0.1, 0.15) is 17.7 Å². The number of alkyl halides is 3. The first-order valence-corrected chi connectivity index (χ1v) is 5.14. The van der Waals surface area contributed by atoms with E-state index in [2.05, 4.69) is 0 Å². The molecule has 5 heteroatoms. The van der Waals surface area contributed by atoms with Gasteiger partial charge in [0.1, 0.15) is 0 Å². The summed E-state index contributed by atoms with van der Waals surface area (Å²) in [6.45, 7) is 1.52. The van der Waals surface area contributed by atoms with E-state index in [9.17, 15) is 13.2 Å². The molecule has 1 unspecified atom stereocenters. The molecule has 0 aliphatic carbocycles. The standard InChI is InChI=1S/C9H8ClF3S/c1-6(14-9(11,12)13)7-2-4-8(10)5-3-7/h2-6H,1H3. The van der Waals surface area contributed by atoms with Crippen LogP contribution in [0.2, 0.25) is 5.02 Å². The molecule has 1 rings (SSSR count). The molecule has 0 spiro atoms. The van der Waals surface area contributed by atoms with Crippen LogP contribution in [0.3, 0.4) is 0 Å². The summed E-state index contributed by atoms with van der Waals surface area (Å²) in [5.41, 5.74) is -3.57. The summed E-state index contributed by atoms with van der Waals surface area (Å²) in [7, 11) is 0. The number of hydrogen-bond donors (Lipinski definition) is 0. The van der Waals surface area contributed by atoms with Crippen molar-refractivity contribution < 1.29 is 13.2 Å². The molecule has 0 aromatic heterocycles. The molecular weight excluding hydrogens is 233 g/mol. The predicted molar refractivity (Wildman–Crippen MR) is 53.5 cm³/mol. The average Bonchev–Trinajstić information content (AvgIpc) is 2.02. The Bertz CT molecular complexity index is 294. The van der Waals surface area contributed by atoms with Crippen LogP contribution in [0.25, 0.3) is 0 Å². The van der Waals surface area contributed by atoms with Gasteiger partial charge in [-0.05, 0) is 36.4 Å². The highest BCUT2D eigenvalue weighted by molar-refractivity contribution is 8.00. The fraction of sp³-hybridized carbons (Fsp3) is 0.333. The summed E-state index contributed by atoms with van der Waals surface area (Å²) in [5.74, 6) is 0. The van der Waals surface area contributed by atoms with Gasteiger partial charge in [0.05, 0.1) is 0 Å². The van der Waals surface area contributed by atoms with Crippen molar-refractivity contribution >= 4 is 23.4 Å². The van der Waals surface area contributed by atoms with Crippen molar-refractivity contribution in [3.63, 3.8) is 0 Å². The van der Waals surface area contributed by atoms with Gasteiger partial charge in [-0.3, -0.25) is 0 Å². The minimum atomic E-state index is -4.20. The van der Waals surface area contributed by atoms with Crippen LogP contribution < -0.4 is 0 Å². The smallest absolute Gasteiger partial charge is 0.160 e. The van der Waals surface area contributed by atoms with Crippen molar-refractivity contribution in [2.75, 3.05) is 0 Å². The lowest BCUT2D eigenvalue weighted by Gasteiger charge is -2.13. The van der Waals surface area contributed by atoms with Gasteiger partial charge in [0.15, 0.2) is 0 Å². The maximum Gasteiger partial charge on any atom is 0.442 e. The van der Waals surface area contributed by atoms with Gasteiger partial charge < -0.3 is 0 Å². The zero-order valence-corrected chi connectivity index (χ0v) is 8.88. The van der Waals surface area contributed by atoms with Crippen LogP contribution in [0.5, 0.6) is 0 Å². The van der Waals surface area contributed by atoms with Crippen LogP contribution in [0, 0.1) is 0 Å². The van der Waals surface area contributed by atoms with Crippen molar-refractivity contribution in [3.05, 3.63) is 34.9 Å². The van der Waals surface area contributed by atoms with Gasteiger partial charge in [-0.2, -0.15) is 13.2 Å². The van der Waals surface area contributed by atoms with E-state index in [1.165, 1.54) is 6.92 Å². The highest BCUT2D eigenvalue weighted by atomic mass is 35.5. The van der Waals surface area contributed by atoms with Crippen molar-refractivity contribution in [1.29, 1.82) is 0 Å². The molecule has 0 aliphatic rings. The number of halogens is 4. The molecule has 14 heavy (non-hydrogen) atoms. The average molecular weight is 241 g/mol. The molecule has 0 radical (unpaired) electrons. The Hall–Kier alpha value is -0.350. The number of rotatable bonds is 2. The first kappa shape index (κ1) is 11.7. The third-order valence-electron chi connectivity index (χ3n) is 1.65. The van der Waals surface area contributed by atoms with Crippen LogP contribution in [-0.2, 0) is 0 Å². The molecule has 78 valence electrons. The normalized spacial score (nSPS) is 14.1. The molecular formula is C9H8ClF3S. The summed E-state index contributed by atoms with van der Waals surface area (Å²) in [4.78, 5) is 0. The first-order chi connectivity index (χ1) is 6.38. The van der Waals surface area contributed by atoms with Crippen molar-refractivity contribution in [1.82, 2.24) is 0 Å². The van der Waals surface area contributed by atoms with E-state index in [1.807, 2.05) is 0 Å². The monoisotopic (exact) mass is 240 g/mol. The quantitative estimate of drug-likeness (QED) is 0.725. The SMILES string of the molecule is CC(SC(F)(F)F)c1ccc(Cl)cc1. The van der Waals surface area contributed by atoms with Gasteiger partial charge in [0, 0.05) is 10.3 Å². The molecule has 0 N–H and O–H groups in total. The Morgan fingerprint density at radius 3 is 2.14 bits per heavy atom. The van der Waals surface area contributed by atoms with E-state index < -0.39 is 10.8 Å². The lowest BCUT2D eigenvalue weighted by Crippen LogP contribution is -2.03. The fourth-order valence-corrected chi connectivity index (χ4v) is 1.82. The maximum absolute atomic E-state index is 12.0. The van der Waals surface area contributed by atoms with Gasteiger partial charge >= 0.3 is 5.51 Å². The molecule has 0 bridgehead atoms. The van der Waals surface area contributed by atoms with E-state index >= 15 is 0 Å². The summed E-state index contributed by atoms with van der Waals surface area (Å²) in [5, 5.41) is -0.0785. The molecule has 1 atom stereocenters. The topological polar surface area (TPSA) is 0 Å². The van der Waals surface area contributed by atoms with E-state index in [0.717, 1.165) is 0 Å². The molecule has 0 aliphatic heterocycles. The second-order valence-corrected chi connectivity index (χ2v) is 4.60. The lowest BCUT2D eigenvalue weighted by molar-refractivity contribution is -0.0333. The summed E-state index contributed by atoms with van der Waals surface area (Å²) >= 11 is 5.59. The zero-order chi connectivity index (χ0) is 10.8. The molecule has 0 fully saturated rings. The number of hydrogen-bond acceptors (Lipinski definition) is 1. The second-order valence-electron chi connectivity index (χ2n) is 2.76. The van der Waals surface area contributed by atoms with Gasteiger partial charge in [-0.1, -0.05) is 23.7 Å². The lowest BCUT2D eigenvalue weighted by atomic mass is 10.2. The molecule has 1 aromatic rings. The van der Waals surface area contributed by atoms with Crippen molar-refractivity contribution in [3.8, 4) is 0 Å². The minimum Gasteiger partial charge on any atom is -0.160 e. The predicted octanol–water partition coefficient (Wildman–Crippen LogP) is 4.65. The third kappa shape index (κ3) is 3.80. The zero-order valence-electron chi connectivity index (χ0n) is 7.31. The molecule has 0 amide bonds. The number of thioether (sulfide) groups is 1. The molecule has 0 saturated heterocycles. The highest BCUT2D eigenvalue weighted by Gasteiger charge is 2.31. The summed E-state index contributed by atoms with van der Waals surface area (Å²) in [6.07, 6.45) is 0. The van der Waals surface area contributed by atoms with E-state index in [1.54, 1.807) is 24.3 Å². The highest BCUT2D eigenvalue weighted by Crippen LogP contribution is 2.41. The molecule has 1 aromatic carbocycles. The van der Waals surface area contributed by atoms with Crippen LogP contribution in [-0.4, -0.2) is 5.51 Å². The summed E-state index contributed by atoms with van der Waals surface area (Å²) in [6, 6.07) is 6.38. The van der Waals surface area contributed by atoms with Gasteiger partial charge in [-0.25, -0.2) is 0 Å².